The molecule has 0 rings (SSSR count). The van der Waals surface area contributed by atoms with Crippen LogP contribution in [0.4, 0.5) is 0 Å². The van der Waals surface area contributed by atoms with Crippen molar-refractivity contribution < 1.29 is 37.6 Å². The van der Waals surface area contributed by atoms with Crippen LogP contribution in [0, 0.1) is 0 Å². The highest BCUT2D eigenvalue weighted by molar-refractivity contribution is 7.47. The highest BCUT2D eigenvalue weighted by atomic mass is 31.2. The molecule has 9 nitrogen and oxygen atoms in total. The lowest BCUT2D eigenvalue weighted by atomic mass is 10.0. The van der Waals surface area contributed by atoms with E-state index in [1.54, 1.807) is 0 Å². The van der Waals surface area contributed by atoms with E-state index in [2.05, 4.69) is 26.0 Å². The Morgan fingerprint density at radius 2 is 0.961 bits per heavy atom. The number of unbranched alkanes of at least 4 members (excludes halogenated alkanes) is 25. The second-order valence-electron chi connectivity index (χ2n) is 14.2. The lowest BCUT2D eigenvalue weighted by Gasteiger charge is -2.19. The average molecular weight is 746 g/mol. The number of rotatable bonds is 40. The molecule has 0 aliphatic carbocycles. The highest BCUT2D eigenvalue weighted by Crippen LogP contribution is 2.43. The summed E-state index contributed by atoms with van der Waals surface area (Å²) in [6.45, 7) is 3.74. The summed E-state index contributed by atoms with van der Waals surface area (Å²) in [4.78, 5) is 34.8. The molecule has 0 aliphatic rings. The number of ether oxygens (including phenoxy) is 2. The van der Waals surface area contributed by atoms with Gasteiger partial charge in [-0.25, -0.2) is 4.57 Å². The Balaban J connectivity index is 4.14. The molecule has 0 aromatic rings. The van der Waals surface area contributed by atoms with E-state index in [0.717, 1.165) is 44.9 Å². The van der Waals surface area contributed by atoms with Gasteiger partial charge in [0.05, 0.1) is 13.2 Å². The zero-order valence-electron chi connectivity index (χ0n) is 33.1. The number of phosphoric acid groups is 1. The van der Waals surface area contributed by atoms with Gasteiger partial charge in [-0.15, -0.1) is 0 Å². The molecule has 302 valence electrons. The Morgan fingerprint density at radius 3 is 1.41 bits per heavy atom. The van der Waals surface area contributed by atoms with Crippen molar-refractivity contribution in [3.63, 3.8) is 0 Å². The minimum atomic E-state index is -4.37. The van der Waals surface area contributed by atoms with Gasteiger partial charge in [-0.05, 0) is 38.5 Å². The van der Waals surface area contributed by atoms with Gasteiger partial charge in [0, 0.05) is 19.4 Å². The van der Waals surface area contributed by atoms with E-state index in [9.17, 15) is 19.0 Å². The third kappa shape index (κ3) is 38.3. The van der Waals surface area contributed by atoms with E-state index in [-0.39, 0.29) is 38.6 Å². The number of esters is 2. The minimum Gasteiger partial charge on any atom is -0.462 e. The maximum Gasteiger partial charge on any atom is 0.472 e. The number of allylic oxidation sites excluding steroid dienone is 2. The van der Waals surface area contributed by atoms with E-state index in [1.165, 1.54) is 128 Å². The molecule has 0 spiro atoms. The van der Waals surface area contributed by atoms with Gasteiger partial charge in [0.1, 0.15) is 6.61 Å². The zero-order valence-corrected chi connectivity index (χ0v) is 34.0. The van der Waals surface area contributed by atoms with E-state index in [0.29, 0.717) is 6.42 Å². The molecule has 0 radical (unpaired) electrons. The first-order valence-electron chi connectivity index (χ1n) is 21.2. The molecule has 0 bridgehead atoms. The van der Waals surface area contributed by atoms with Gasteiger partial charge in [-0.2, -0.15) is 0 Å². The van der Waals surface area contributed by atoms with Gasteiger partial charge in [-0.1, -0.05) is 167 Å². The Labute approximate surface area is 313 Å². The quantitative estimate of drug-likeness (QED) is 0.0272. The first-order valence-corrected chi connectivity index (χ1v) is 22.7. The standard InChI is InChI=1S/C41H80NO8P/c1-3-5-7-9-11-13-15-17-19-21-23-25-27-29-31-33-40(43)47-37-39(38-49-51(45,46)48-36-35-42)50-41(44)34-32-30-28-26-24-22-20-18-16-14-12-10-8-6-4-2/h14,16,39H,3-13,15,17-38,42H2,1-2H3,(H,45,46). The number of nitrogens with two attached hydrogens (primary N) is 1. The molecule has 0 aromatic heterocycles. The maximum absolute atomic E-state index is 12.6. The molecular formula is C41H80NO8P. The van der Waals surface area contributed by atoms with Gasteiger partial charge in [0.15, 0.2) is 6.10 Å². The average Bonchev–Trinajstić information content (AvgIpc) is 3.11. The normalized spacial score (nSPS) is 13.4. The second-order valence-corrected chi connectivity index (χ2v) is 15.7. The van der Waals surface area contributed by atoms with E-state index in [1.807, 2.05) is 0 Å². The maximum atomic E-state index is 12.6. The molecule has 0 aromatic carbocycles. The fourth-order valence-corrected chi connectivity index (χ4v) is 6.75. The number of carbonyl (C=O) groups is 2. The predicted molar refractivity (Wildman–Crippen MR) is 211 cm³/mol. The summed E-state index contributed by atoms with van der Waals surface area (Å²) in [6.07, 6.45) is 38.0. The van der Waals surface area contributed by atoms with Crippen LogP contribution in [0.1, 0.15) is 206 Å². The lowest BCUT2D eigenvalue weighted by Crippen LogP contribution is -2.29. The van der Waals surface area contributed by atoms with Gasteiger partial charge < -0.3 is 20.1 Å². The number of hydrogen-bond acceptors (Lipinski definition) is 8. The molecule has 0 fully saturated rings. The van der Waals surface area contributed by atoms with Crippen molar-refractivity contribution in [1.82, 2.24) is 0 Å². The van der Waals surface area contributed by atoms with E-state index < -0.39 is 26.5 Å². The predicted octanol–water partition coefficient (Wildman–Crippen LogP) is 11.8. The molecule has 2 unspecified atom stereocenters. The Bertz CT molecular complexity index is 856. The van der Waals surface area contributed by atoms with Crippen LogP contribution >= 0.6 is 7.82 Å². The first-order chi connectivity index (χ1) is 24.8. The van der Waals surface area contributed by atoms with Crippen LogP contribution < -0.4 is 5.73 Å². The summed E-state index contributed by atoms with van der Waals surface area (Å²) < 4.78 is 32.7. The number of phosphoric ester groups is 1. The summed E-state index contributed by atoms with van der Waals surface area (Å²) in [5, 5.41) is 0. The van der Waals surface area contributed by atoms with Gasteiger partial charge in [-0.3, -0.25) is 18.6 Å². The third-order valence-corrected chi connectivity index (χ3v) is 10.1. The van der Waals surface area contributed by atoms with Crippen LogP contribution in [0.3, 0.4) is 0 Å². The molecular weight excluding hydrogens is 665 g/mol. The fourth-order valence-electron chi connectivity index (χ4n) is 5.98. The molecule has 0 saturated heterocycles. The molecule has 51 heavy (non-hydrogen) atoms. The summed E-state index contributed by atoms with van der Waals surface area (Å²) in [5.74, 6) is -0.824. The summed E-state index contributed by atoms with van der Waals surface area (Å²) in [5.41, 5.74) is 5.34. The fraction of sp³-hybridized carbons (Fsp3) is 0.902. The van der Waals surface area contributed by atoms with Crippen molar-refractivity contribution >= 4 is 19.8 Å². The van der Waals surface area contributed by atoms with Crippen LogP contribution in [0.2, 0.25) is 0 Å². The minimum absolute atomic E-state index is 0.0554. The van der Waals surface area contributed by atoms with Crippen molar-refractivity contribution in [1.29, 1.82) is 0 Å². The Kier molecular flexibility index (Phi) is 37.5. The third-order valence-electron chi connectivity index (χ3n) is 9.15. The van der Waals surface area contributed by atoms with E-state index >= 15 is 0 Å². The van der Waals surface area contributed by atoms with Crippen LogP contribution in [0.15, 0.2) is 12.2 Å². The van der Waals surface area contributed by atoms with Crippen molar-refractivity contribution in [3.8, 4) is 0 Å². The molecule has 0 saturated carbocycles. The van der Waals surface area contributed by atoms with Crippen LogP contribution in [0.5, 0.6) is 0 Å². The smallest absolute Gasteiger partial charge is 0.462 e. The highest BCUT2D eigenvalue weighted by Gasteiger charge is 2.26. The monoisotopic (exact) mass is 746 g/mol. The molecule has 0 aliphatic heterocycles. The van der Waals surface area contributed by atoms with Crippen molar-refractivity contribution in [2.75, 3.05) is 26.4 Å². The van der Waals surface area contributed by atoms with Crippen molar-refractivity contribution in [2.24, 2.45) is 5.73 Å². The summed E-state index contributed by atoms with van der Waals surface area (Å²) >= 11 is 0. The topological polar surface area (TPSA) is 134 Å². The first kappa shape index (κ1) is 49.8. The van der Waals surface area contributed by atoms with Crippen molar-refractivity contribution in [3.05, 3.63) is 12.2 Å². The van der Waals surface area contributed by atoms with Gasteiger partial charge in [0.2, 0.25) is 0 Å². The van der Waals surface area contributed by atoms with Crippen LogP contribution in [-0.4, -0.2) is 49.3 Å². The number of hydrogen-bond donors (Lipinski definition) is 2. The van der Waals surface area contributed by atoms with Crippen LogP contribution in [0.25, 0.3) is 0 Å². The molecule has 0 heterocycles. The molecule has 0 amide bonds. The van der Waals surface area contributed by atoms with Gasteiger partial charge >= 0.3 is 19.8 Å². The van der Waals surface area contributed by atoms with Crippen molar-refractivity contribution in [2.45, 2.75) is 213 Å². The lowest BCUT2D eigenvalue weighted by molar-refractivity contribution is -0.161. The van der Waals surface area contributed by atoms with Crippen LogP contribution in [-0.2, 0) is 32.7 Å². The summed E-state index contributed by atoms with van der Waals surface area (Å²) in [7, 11) is -4.37. The van der Waals surface area contributed by atoms with E-state index in [4.69, 9.17) is 24.3 Å². The molecule has 2 atom stereocenters. The SMILES string of the molecule is CCCCCCC=CCCCCCCCCCC(=O)OC(COC(=O)CCCCCCCCCCCCCCCCC)COP(=O)(O)OCCN. The number of carbonyl (C=O) groups excluding carboxylic acids is 2. The van der Waals surface area contributed by atoms with Gasteiger partial charge in [0.25, 0.3) is 0 Å². The Morgan fingerprint density at radius 1 is 0.569 bits per heavy atom. The molecule has 10 heteroatoms. The largest absolute Gasteiger partial charge is 0.472 e. The second kappa shape index (κ2) is 38.5. The summed E-state index contributed by atoms with van der Waals surface area (Å²) in [6, 6.07) is 0. The zero-order chi connectivity index (χ0) is 37.5. The Hall–Kier alpha value is -1.25. The molecule has 3 N–H and O–H groups in total.